The highest BCUT2D eigenvalue weighted by Crippen LogP contribution is 2.26. The van der Waals surface area contributed by atoms with Crippen LogP contribution in [0.1, 0.15) is 10.4 Å². The first kappa shape index (κ1) is 14.8. The number of nitrogens with one attached hydrogen (secondary N) is 1. The number of hydrogen-bond acceptors (Lipinski definition) is 3. The zero-order valence-corrected chi connectivity index (χ0v) is 14.1. The van der Waals surface area contributed by atoms with Crippen LogP contribution in [0.3, 0.4) is 0 Å². The third-order valence-electron chi connectivity index (χ3n) is 3.82. The van der Waals surface area contributed by atoms with Gasteiger partial charge in [0, 0.05) is 28.1 Å². The molecule has 0 radical (unpaired) electrons. The number of rotatable bonds is 2. The van der Waals surface area contributed by atoms with Gasteiger partial charge in [-0.3, -0.25) is 14.8 Å². The fraction of sp³-hybridized carbons (Fsp3) is 0. The Labute approximate surface area is 146 Å². The summed E-state index contributed by atoms with van der Waals surface area (Å²) in [5.41, 5.74) is 2.78. The first-order chi connectivity index (χ1) is 11.7. The number of nitrogens with zero attached hydrogens (tertiary/aromatic N) is 2. The summed E-state index contributed by atoms with van der Waals surface area (Å²) in [5.74, 6) is -0.170. The van der Waals surface area contributed by atoms with Crippen molar-refractivity contribution in [3.8, 4) is 0 Å². The lowest BCUT2D eigenvalue weighted by molar-refractivity contribution is 0.102. The standard InChI is InChI=1S/C19H12BrN3O/c20-16-3-1-2-12-10-14(5-6-15(12)16)23-19(24)13-4-7-17-18(11-13)22-9-8-21-17/h1-11H,(H,23,24). The number of benzene rings is 3. The van der Waals surface area contributed by atoms with Crippen LogP contribution in [0, 0.1) is 0 Å². The second-order valence-corrected chi connectivity index (χ2v) is 6.24. The summed E-state index contributed by atoms with van der Waals surface area (Å²) in [6.07, 6.45) is 3.25. The van der Waals surface area contributed by atoms with Gasteiger partial charge in [0.05, 0.1) is 11.0 Å². The Morgan fingerprint density at radius 1 is 0.917 bits per heavy atom. The maximum atomic E-state index is 12.5. The van der Waals surface area contributed by atoms with E-state index in [2.05, 4.69) is 31.2 Å². The van der Waals surface area contributed by atoms with Gasteiger partial charge in [0.15, 0.2) is 0 Å². The molecule has 0 spiro atoms. The van der Waals surface area contributed by atoms with Gasteiger partial charge in [0.1, 0.15) is 0 Å². The number of hydrogen-bond donors (Lipinski definition) is 1. The molecule has 0 fully saturated rings. The molecule has 4 aromatic rings. The maximum absolute atomic E-state index is 12.5. The lowest BCUT2D eigenvalue weighted by Crippen LogP contribution is -2.11. The summed E-state index contributed by atoms with van der Waals surface area (Å²) in [5, 5.41) is 5.10. The highest BCUT2D eigenvalue weighted by molar-refractivity contribution is 9.10. The Kier molecular flexibility index (Phi) is 3.70. The van der Waals surface area contributed by atoms with E-state index in [1.54, 1.807) is 30.6 Å². The summed E-state index contributed by atoms with van der Waals surface area (Å²) in [7, 11) is 0. The zero-order valence-electron chi connectivity index (χ0n) is 12.5. The molecule has 0 saturated carbocycles. The molecule has 0 bridgehead atoms. The van der Waals surface area contributed by atoms with E-state index in [4.69, 9.17) is 0 Å². The van der Waals surface area contributed by atoms with Crippen molar-refractivity contribution in [2.75, 3.05) is 5.32 Å². The number of carbonyl (C=O) groups is 1. The zero-order chi connectivity index (χ0) is 16.5. The van der Waals surface area contributed by atoms with Crippen LogP contribution < -0.4 is 5.32 Å². The Balaban J connectivity index is 1.65. The molecule has 0 aliphatic carbocycles. The smallest absolute Gasteiger partial charge is 0.255 e. The second-order valence-electron chi connectivity index (χ2n) is 5.39. The van der Waals surface area contributed by atoms with E-state index in [9.17, 15) is 4.79 Å². The van der Waals surface area contributed by atoms with Crippen molar-refractivity contribution in [2.24, 2.45) is 0 Å². The van der Waals surface area contributed by atoms with E-state index in [-0.39, 0.29) is 5.91 Å². The van der Waals surface area contributed by atoms with Gasteiger partial charge >= 0.3 is 0 Å². The number of carbonyl (C=O) groups excluding carboxylic acids is 1. The van der Waals surface area contributed by atoms with Crippen molar-refractivity contribution in [1.82, 2.24) is 9.97 Å². The minimum atomic E-state index is -0.170. The number of fused-ring (bicyclic) bond motifs is 2. The van der Waals surface area contributed by atoms with Crippen molar-refractivity contribution in [1.29, 1.82) is 0 Å². The summed E-state index contributed by atoms with van der Waals surface area (Å²) < 4.78 is 1.03. The predicted molar refractivity (Wildman–Crippen MR) is 99.1 cm³/mol. The molecular weight excluding hydrogens is 366 g/mol. The number of aromatic nitrogens is 2. The van der Waals surface area contributed by atoms with Crippen molar-refractivity contribution < 1.29 is 4.79 Å². The maximum Gasteiger partial charge on any atom is 0.255 e. The first-order valence-corrected chi connectivity index (χ1v) is 8.20. The van der Waals surface area contributed by atoms with Crippen molar-refractivity contribution in [3.05, 3.63) is 77.0 Å². The fourth-order valence-corrected chi connectivity index (χ4v) is 3.14. The molecule has 0 saturated heterocycles. The highest BCUT2D eigenvalue weighted by atomic mass is 79.9. The van der Waals surface area contributed by atoms with E-state index in [0.29, 0.717) is 11.1 Å². The normalized spacial score (nSPS) is 10.9. The van der Waals surface area contributed by atoms with Crippen LogP contribution in [-0.4, -0.2) is 15.9 Å². The molecule has 1 aromatic heterocycles. The minimum absolute atomic E-state index is 0.170. The fourth-order valence-electron chi connectivity index (χ4n) is 2.63. The largest absolute Gasteiger partial charge is 0.322 e. The average molecular weight is 378 g/mol. The van der Waals surface area contributed by atoms with Crippen LogP contribution in [0.15, 0.2) is 71.5 Å². The molecule has 1 heterocycles. The molecule has 116 valence electrons. The SMILES string of the molecule is O=C(Nc1ccc2c(Br)cccc2c1)c1ccc2nccnc2c1. The molecule has 4 nitrogen and oxygen atoms in total. The van der Waals surface area contributed by atoms with E-state index < -0.39 is 0 Å². The molecule has 1 N–H and O–H groups in total. The molecule has 3 aromatic carbocycles. The molecule has 5 heteroatoms. The average Bonchev–Trinajstić information content (AvgIpc) is 2.61. The van der Waals surface area contributed by atoms with Crippen LogP contribution in [0.5, 0.6) is 0 Å². The van der Waals surface area contributed by atoms with Gasteiger partial charge in [-0.1, -0.05) is 34.1 Å². The quantitative estimate of drug-likeness (QED) is 0.545. The van der Waals surface area contributed by atoms with Crippen LogP contribution in [0.4, 0.5) is 5.69 Å². The monoisotopic (exact) mass is 377 g/mol. The Morgan fingerprint density at radius 2 is 1.75 bits per heavy atom. The van der Waals surface area contributed by atoms with Crippen LogP contribution in [-0.2, 0) is 0 Å². The number of halogens is 1. The summed E-state index contributed by atoms with van der Waals surface area (Å²) in [6.45, 7) is 0. The molecular formula is C19H12BrN3O. The molecule has 0 atom stereocenters. The predicted octanol–water partition coefficient (Wildman–Crippen LogP) is 4.80. The van der Waals surface area contributed by atoms with E-state index >= 15 is 0 Å². The highest BCUT2D eigenvalue weighted by Gasteiger charge is 2.08. The Morgan fingerprint density at radius 3 is 2.62 bits per heavy atom. The van der Waals surface area contributed by atoms with Gasteiger partial charge in [-0.05, 0) is 47.2 Å². The van der Waals surface area contributed by atoms with Gasteiger partial charge in [0.25, 0.3) is 5.91 Å². The van der Waals surface area contributed by atoms with Gasteiger partial charge in [-0.25, -0.2) is 0 Å². The molecule has 1 amide bonds. The lowest BCUT2D eigenvalue weighted by atomic mass is 10.1. The van der Waals surface area contributed by atoms with Crippen LogP contribution in [0.2, 0.25) is 0 Å². The van der Waals surface area contributed by atoms with E-state index in [0.717, 1.165) is 26.4 Å². The second kappa shape index (κ2) is 6.02. The van der Waals surface area contributed by atoms with E-state index in [1.165, 1.54) is 0 Å². The summed E-state index contributed by atoms with van der Waals surface area (Å²) >= 11 is 3.53. The summed E-state index contributed by atoms with van der Waals surface area (Å²) in [4.78, 5) is 20.9. The van der Waals surface area contributed by atoms with Crippen LogP contribution in [0.25, 0.3) is 21.8 Å². The van der Waals surface area contributed by atoms with Crippen molar-refractivity contribution in [2.45, 2.75) is 0 Å². The molecule has 24 heavy (non-hydrogen) atoms. The van der Waals surface area contributed by atoms with Gasteiger partial charge in [0.2, 0.25) is 0 Å². The third-order valence-corrected chi connectivity index (χ3v) is 4.51. The number of amides is 1. The topological polar surface area (TPSA) is 54.9 Å². The Hall–Kier alpha value is -2.79. The molecule has 4 rings (SSSR count). The van der Waals surface area contributed by atoms with Gasteiger partial charge in [-0.2, -0.15) is 0 Å². The van der Waals surface area contributed by atoms with E-state index in [1.807, 2.05) is 36.4 Å². The molecule has 0 aliphatic heterocycles. The summed E-state index contributed by atoms with van der Waals surface area (Å²) in [6, 6.07) is 17.1. The Bertz CT molecular complexity index is 1080. The van der Waals surface area contributed by atoms with Crippen LogP contribution >= 0.6 is 15.9 Å². The first-order valence-electron chi connectivity index (χ1n) is 7.41. The molecule has 0 unspecified atom stereocenters. The van der Waals surface area contributed by atoms with Crippen molar-refractivity contribution >= 4 is 49.3 Å². The number of anilines is 1. The van der Waals surface area contributed by atoms with Gasteiger partial charge < -0.3 is 5.32 Å². The van der Waals surface area contributed by atoms with Crippen molar-refractivity contribution in [3.63, 3.8) is 0 Å². The minimum Gasteiger partial charge on any atom is -0.322 e. The lowest BCUT2D eigenvalue weighted by Gasteiger charge is -2.08. The third kappa shape index (κ3) is 2.74. The van der Waals surface area contributed by atoms with Gasteiger partial charge in [-0.15, -0.1) is 0 Å². The molecule has 0 aliphatic rings.